The van der Waals surface area contributed by atoms with Gasteiger partial charge in [0.2, 0.25) is 0 Å². The zero-order chi connectivity index (χ0) is 15.6. The lowest BCUT2D eigenvalue weighted by atomic mass is 9.92. The molecule has 6 heteroatoms. The van der Waals surface area contributed by atoms with Crippen molar-refractivity contribution >= 4 is 11.9 Å². The lowest BCUT2D eigenvalue weighted by Gasteiger charge is -2.33. The van der Waals surface area contributed by atoms with Crippen LogP contribution in [0.15, 0.2) is 12.3 Å². The highest BCUT2D eigenvalue weighted by atomic mass is 16.6. The summed E-state index contributed by atoms with van der Waals surface area (Å²) in [4.78, 5) is 25.8. The summed E-state index contributed by atoms with van der Waals surface area (Å²) >= 11 is 0. The molecule has 1 saturated heterocycles. The molecule has 6 nitrogen and oxygen atoms in total. The van der Waals surface area contributed by atoms with Gasteiger partial charge in [-0.3, -0.25) is 9.48 Å². The summed E-state index contributed by atoms with van der Waals surface area (Å²) in [6, 6.07) is 1.90. The molecule has 1 unspecified atom stereocenters. The van der Waals surface area contributed by atoms with Crippen molar-refractivity contribution in [1.82, 2.24) is 14.7 Å². The second-order valence-corrected chi connectivity index (χ2v) is 6.52. The normalized spacial score (nSPS) is 19.7. The van der Waals surface area contributed by atoms with Crippen molar-refractivity contribution in [3.8, 4) is 0 Å². The van der Waals surface area contributed by atoms with Gasteiger partial charge < -0.3 is 9.64 Å². The van der Waals surface area contributed by atoms with Crippen LogP contribution in [0, 0.1) is 5.92 Å². The average molecular weight is 293 g/mol. The number of ketones is 1. The molecular formula is C15H23N3O3. The Bertz CT molecular complexity index is 531. The van der Waals surface area contributed by atoms with E-state index in [0.29, 0.717) is 25.9 Å². The standard InChI is InChI=1S/C15H23N3O3/c1-15(2,3)21-14(20)18-8-6-13(19)11(10-18)9-12-5-7-17(4)16-12/h5,7,11H,6,8-10H2,1-4H3. The van der Waals surface area contributed by atoms with Crippen LogP contribution < -0.4 is 0 Å². The van der Waals surface area contributed by atoms with Crippen LogP contribution in [-0.4, -0.2) is 45.2 Å². The van der Waals surface area contributed by atoms with Gasteiger partial charge in [-0.1, -0.05) is 0 Å². The predicted octanol–water partition coefficient (Wildman–Crippen LogP) is 1.79. The third kappa shape index (κ3) is 4.31. The Balaban J connectivity index is 1.99. The fraction of sp³-hybridized carbons (Fsp3) is 0.667. The third-order valence-corrected chi connectivity index (χ3v) is 3.40. The maximum Gasteiger partial charge on any atom is 0.410 e. The molecule has 1 aromatic rings. The highest BCUT2D eigenvalue weighted by molar-refractivity contribution is 5.84. The van der Waals surface area contributed by atoms with Gasteiger partial charge in [0.1, 0.15) is 11.4 Å². The molecule has 1 aliphatic rings. The summed E-state index contributed by atoms with van der Waals surface area (Å²) in [5.41, 5.74) is 0.358. The van der Waals surface area contributed by atoms with E-state index in [9.17, 15) is 9.59 Å². The summed E-state index contributed by atoms with van der Waals surface area (Å²) in [7, 11) is 1.85. The lowest BCUT2D eigenvalue weighted by molar-refractivity contribution is -0.125. The van der Waals surface area contributed by atoms with Gasteiger partial charge >= 0.3 is 6.09 Å². The molecule has 2 heterocycles. The smallest absolute Gasteiger partial charge is 0.410 e. The van der Waals surface area contributed by atoms with Crippen molar-refractivity contribution in [2.24, 2.45) is 13.0 Å². The number of ether oxygens (including phenoxy) is 1. The van der Waals surface area contributed by atoms with Crippen molar-refractivity contribution in [2.45, 2.75) is 39.2 Å². The van der Waals surface area contributed by atoms with E-state index in [1.165, 1.54) is 0 Å². The fourth-order valence-electron chi connectivity index (χ4n) is 2.40. The second-order valence-electron chi connectivity index (χ2n) is 6.52. The number of aryl methyl sites for hydroxylation is 1. The molecule has 0 radical (unpaired) electrons. The van der Waals surface area contributed by atoms with Gasteiger partial charge in [0.05, 0.1) is 5.69 Å². The number of hydrogen-bond donors (Lipinski definition) is 0. The van der Waals surface area contributed by atoms with Crippen LogP contribution in [0.3, 0.4) is 0 Å². The molecular weight excluding hydrogens is 270 g/mol. The molecule has 1 atom stereocenters. The Hall–Kier alpha value is -1.85. The number of carbonyl (C=O) groups is 2. The number of rotatable bonds is 2. The molecule has 0 N–H and O–H groups in total. The zero-order valence-electron chi connectivity index (χ0n) is 13.1. The minimum absolute atomic E-state index is 0.193. The van der Waals surface area contributed by atoms with E-state index in [-0.39, 0.29) is 17.8 Å². The predicted molar refractivity (Wildman–Crippen MR) is 77.8 cm³/mol. The first kappa shape index (κ1) is 15.5. The van der Waals surface area contributed by atoms with Crippen molar-refractivity contribution in [1.29, 1.82) is 0 Å². The Morgan fingerprint density at radius 3 is 2.76 bits per heavy atom. The van der Waals surface area contributed by atoms with E-state index >= 15 is 0 Å². The molecule has 1 amide bonds. The van der Waals surface area contributed by atoms with Crippen LogP contribution in [0.5, 0.6) is 0 Å². The Morgan fingerprint density at radius 2 is 2.19 bits per heavy atom. The van der Waals surface area contributed by atoms with Crippen molar-refractivity contribution in [2.75, 3.05) is 13.1 Å². The number of likely N-dealkylation sites (tertiary alicyclic amines) is 1. The van der Waals surface area contributed by atoms with Gasteiger partial charge in [-0.15, -0.1) is 0 Å². The number of Topliss-reactive ketones (excluding diaryl/α,β-unsaturated/α-hetero) is 1. The molecule has 0 saturated carbocycles. The van der Waals surface area contributed by atoms with E-state index in [4.69, 9.17) is 4.74 Å². The highest BCUT2D eigenvalue weighted by Crippen LogP contribution is 2.19. The van der Waals surface area contributed by atoms with Gasteiger partial charge in [0, 0.05) is 45.1 Å². The first-order valence-electron chi connectivity index (χ1n) is 7.24. The molecule has 0 aliphatic carbocycles. The first-order valence-corrected chi connectivity index (χ1v) is 7.24. The molecule has 1 aromatic heterocycles. The van der Waals surface area contributed by atoms with Gasteiger partial charge in [-0.05, 0) is 26.8 Å². The average Bonchev–Trinajstić information content (AvgIpc) is 2.75. The van der Waals surface area contributed by atoms with Crippen LogP contribution in [0.25, 0.3) is 0 Å². The number of hydrogen-bond acceptors (Lipinski definition) is 4. The molecule has 1 fully saturated rings. The van der Waals surface area contributed by atoms with Gasteiger partial charge in [-0.25, -0.2) is 4.79 Å². The quantitative estimate of drug-likeness (QED) is 0.834. The number of piperidine rings is 1. The van der Waals surface area contributed by atoms with Crippen molar-refractivity contribution in [3.05, 3.63) is 18.0 Å². The zero-order valence-corrected chi connectivity index (χ0v) is 13.1. The fourth-order valence-corrected chi connectivity index (χ4v) is 2.40. The first-order chi connectivity index (χ1) is 9.74. The van der Waals surface area contributed by atoms with Gasteiger partial charge in [-0.2, -0.15) is 5.10 Å². The molecule has 116 valence electrons. The molecule has 0 spiro atoms. The van der Waals surface area contributed by atoms with E-state index in [1.807, 2.05) is 40.1 Å². The van der Waals surface area contributed by atoms with Crippen LogP contribution in [0.4, 0.5) is 4.79 Å². The summed E-state index contributed by atoms with van der Waals surface area (Å²) in [6.07, 6.45) is 2.46. The van der Waals surface area contributed by atoms with E-state index in [0.717, 1.165) is 5.69 Å². The van der Waals surface area contributed by atoms with Gasteiger partial charge in [0.25, 0.3) is 0 Å². The summed E-state index contributed by atoms with van der Waals surface area (Å²) in [5, 5.41) is 4.30. The highest BCUT2D eigenvalue weighted by Gasteiger charge is 2.32. The molecule has 2 rings (SSSR count). The maximum atomic E-state index is 12.1. The lowest BCUT2D eigenvalue weighted by Crippen LogP contribution is -2.46. The van der Waals surface area contributed by atoms with E-state index in [1.54, 1.807) is 9.58 Å². The second kappa shape index (κ2) is 5.87. The Kier molecular flexibility index (Phi) is 4.34. The molecule has 0 aromatic carbocycles. The minimum Gasteiger partial charge on any atom is -0.444 e. The summed E-state index contributed by atoms with van der Waals surface area (Å²) in [5.74, 6) is 0.00151. The van der Waals surface area contributed by atoms with Crippen molar-refractivity contribution < 1.29 is 14.3 Å². The van der Waals surface area contributed by atoms with Crippen molar-refractivity contribution in [3.63, 3.8) is 0 Å². The van der Waals surface area contributed by atoms with Crippen LogP contribution in [0.2, 0.25) is 0 Å². The SMILES string of the molecule is Cn1ccc(CC2CN(C(=O)OC(C)(C)C)CCC2=O)n1. The Labute approximate surface area is 125 Å². The maximum absolute atomic E-state index is 12.1. The summed E-state index contributed by atoms with van der Waals surface area (Å²) < 4.78 is 7.09. The molecule has 21 heavy (non-hydrogen) atoms. The number of carbonyl (C=O) groups excluding carboxylic acids is 2. The monoisotopic (exact) mass is 293 g/mol. The number of nitrogens with zero attached hydrogens (tertiary/aromatic N) is 3. The molecule has 1 aliphatic heterocycles. The number of amides is 1. The minimum atomic E-state index is -0.519. The summed E-state index contributed by atoms with van der Waals surface area (Å²) in [6.45, 7) is 6.36. The Morgan fingerprint density at radius 1 is 1.48 bits per heavy atom. The molecule has 0 bridgehead atoms. The van der Waals surface area contributed by atoms with Gasteiger partial charge in [0.15, 0.2) is 0 Å². The largest absolute Gasteiger partial charge is 0.444 e. The van der Waals surface area contributed by atoms with Crippen LogP contribution >= 0.6 is 0 Å². The van der Waals surface area contributed by atoms with Crippen LogP contribution in [0.1, 0.15) is 32.9 Å². The van der Waals surface area contributed by atoms with Crippen LogP contribution in [-0.2, 0) is 23.0 Å². The van der Waals surface area contributed by atoms with E-state index in [2.05, 4.69) is 5.10 Å². The third-order valence-electron chi connectivity index (χ3n) is 3.40. The van der Waals surface area contributed by atoms with E-state index < -0.39 is 5.60 Å². The topological polar surface area (TPSA) is 64.4 Å². The number of aromatic nitrogens is 2.